The number of amides is 12. The summed E-state index contributed by atoms with van der Waals surface area (Å²) in [5.41, 5.74) is 5.65. The van der Waals surface area contributed by atoms with E-state index in [-0.39, 0.29) is 77.0 Å². The van der Waals surface area contributed by atoms with Crippen LogP contribution >= 0.6 is 43.5 Å². The van der Waals surface area contributed by atoms with E-state index in [0.29, 0.717) is 78.8 Å². The lowest BCUT2D eigenvalue weighted by Crippen LogP contribution is -2.52. The summed E-state index contributed by atoms with van der Waals surface area (Å²) < 4.78 is 167. The lowest BCUT2D eigenvalue weighted by molar-refractivity contribution is -0.120. The molecule has 4 aliphatic heterocycles. The van der Waals surface area contributed by atoms with Crippen LogP contribution in [0.15, 0.2) is 314 Å². The number of hydrogen-bond donors (Lipinski definition) is 8. The molecule has 0 radical (unpaired) electrons. The second-order valence-electron chi connectivity index (χ2n) is 31.2. The number of halogens is 4. The number of nitrogens with one attached hydrogen (secondary N) is 8. The fourth-order valence-electron chi connectivity index (χ4n) is 14.3. The summed E-state index contributed by atoms with van der Waals surface area (Å²) in [5, 5.41) is 9.94. The normalized spacial score (nSPS) is 13.1. The zero-order chi connectivity index (χ0) is 101. The lowest BCUT2D eigenvalue weighted by atomic mass is 10.0. The van der Waals surface area contributed by atoms with Crippen LogP contribution in [-0.4, -0.2) is 161 Å². The number of sulfonamides is 4. The van der Waals surface area contributed by atoms with Gasteiger partial charge in [-0.2, -0.15) is 0 Å². The largest absolute Gasteiger partial charge is 0.454 e. The fourth-order valence-corrected chi connectivity index (χ4v) is 20.4. The fraction of sp³-hybridized carbons (Fsp3) is 0.175. The maximum Gasteiger partial charge on any atom is 0.329 e. The summed E-state index contributed by atoms with van der Waals surface area (Å²) >= 11 is 12.4. The van der Waals surface area contributed by atoms with Gasteiger partial charge in [-0.3, -0.25) is 19.2 Å². The van der Waals surface area contributed by atoms with Crippen molar-refractivity contribution in [3.8, 4) is 46.0 Å². The van der Waals surface area contributed by atoms with Gasteiger partial charge in [0.15, 0.2) is 46.0 Å². The van der Waals surface area contributed by atoms with Crippen molar-refractivity contribution in [1.82, 2.24) is 40.2 Å². The van der Waals surface area contributed by atoms with Gasteiger partial charge in [0, 0.05) is 110 Å². The van der Waals surface area contributed by atoms with Gasteiger partial charge in [-0.05, 0) is 148 Å². The van der Waals surface area contributed by atoms with Gasteiger partial charge in [0.25, 0.3) is 40.1 Å². The van der Waals surface area contributed by atoms with Crippen LogP contribution in [0, 0.1) is 12.7 Å². The van der Waals surface area contributed by atoms with Crippen molar-refractivity contribution in [3.05, 3.63) is 333 Å². The highest BCUT2D eigenvalue weighted by Crippen LogP contribution is 2.40. The average Bonchev–Trinajstić information content (AvgIpc) is 1.67. The van der Waals surface area contributed by atoms with E-state index in [0.717, 1.165) is 34.4 Å². The van der Waals surface area contributed by atoms with Crippen LogP contribution in [0.5, 0.6) is 46.0 Å². The third-order valence-corrected chi connectivity index (χ3v) is 29.1. The molecule has 0 spiro atoms. The van der Waals surface area contributed by atoms with E-state index in [1.807, 2.05) is 80.9 Å². The SMILES string of the molecule is CN(C(=O)[C@H](Cc1ccccc1)NC(=O)NS(=O)(=O)c1cc(Br)ccc1Br)c1ccc2c(c1)OCO2.CN(C(=O)[C@H](Cc1ccccc1)NC(=O)NS(=O)(=O)c1ccccc1Cl)c1ccc2c(c1)OCO2.CN(C(=O)[C@H](Cc1ccccc1)NC(=O)NS(=O)(=O)c1ccccc1F)c1ccc2c(c1)OCO2.Cc1ccccc1S(=O)(=O)NC(=O)N[C@@H](Cc1ccccc1)C(=O)N(C)c1ccc2c(c1)OCO2. The van der Waals surface area contributed by atoms with Gasteiger partial charge in [-0.25, -0.2) is 76.1 Å². The van der Waals surface area contributed by atoms with Crippen LogP contribution in [0.2, 0.25) is 5.02 Å². The highest BCUT2D eigenvalue weighted by atomic mass is 79.9. The zero-order valence-corrected chi connectivity index (χ0v) is 82.5. The predicted octanol–water partition coefficient (Wildman–Crippen LogP) is 13.3. The average molecular weight is 2150 g/mol. The molecule has 0 unspecified atom stereocenters. The molecule has 0 aromatic heterocycles. The Morgan fingerprint density at radius 3 is 0.872 bits per heavy atom. The standard InChI is InChI=1S/C25H25N3O6S.C24H21Br2N3O6S.C24H22ClN3O6S.C24H22FN3O6S/c1-17-8-6-7-11-23(17)35(31,32)27-25(30)26-20(14-18-9-4-3-5-10-18)24(29)28(2)19-12-13-21-22(15-19)34-16-33-21;1-29(17-8-10-20-21(13-17)35-14-34-20)23(30)19(11-15-5-3-2-4-6-15)27-24(31)28-36(32,33)22-12-16(25)7-9-18(22)26;2*1-28(17-11-12-20-21(14-17)34-15-33-20)23(29)19(13-16-7-3-2-4-8-16)26-24(30)27-35(31,32)22-10-6-5-9-18(22)25/h3-13,15,20H,14,16H2,1-2H3,(H2,26,27,30);2-10,12-13,19H,11,14H2,1H3,(H2,27,28,31);2*2-12,14,19H,13,15H2,1H3,(H2,26,27,30)/t20-;3*19-/m0000/s1. The Morgan fingerprint density at radius 2 is 0.567 bits per heavy atom. The predicted molar refractivity (Wildman–Crippen MR) is 526 cm³/mol. The second kappa shape index (κ2) is 46.6. The Bertz CT molecular complexity index is 6640. The number of likely N-dealkylation sites (N-methyl/N-ethyl adjacent to an activating group) is 4. The molecule has 4 atom stereocenters. The molecule has 0 fully saturated rings. The first kappa shape index (κ1) is 103. The third kappa shape index (κ3) is 27.3. The summed E-state index contributed by atoms with van der Waals surface area (Å²) in [5.74, 6) is 1.39. The van der Waals surface area contributed by atoms with E-state index < -0.39 is 123 Å². The van der Waals surface area contributed by atoms with Crippen LogP contribution < -0.4 is 97.7 Å². The van der Waals surface area contributed by atoms with E-state index in [1.165, 1.54) is 69.1 Å². The summed E-state index contributed by atoms with van der Waals surface area (Å²) in [6.45, 7) is 2.00. The van der Waals surface area contributed by atoms with Gasteiger partial charge < -0.3 is 78.8 Å². The van der Waals surface area contributed by atoms with Crippen molar-refractivity contribution in [2.24, 2.45) is 0 Å². The molecule has 141 heavy (non-hydrogen) atoms. The first-order valence-electron chi connectivity index (χ1n) is 42.5. The molecule has 0 saturated carbocycles. The zero-order valence-electron chi connectivity index (χ0n) is 75.3. The molecule has 12 aromatic rings. The maximum atomic E-state index is 14.0. The number of benzene rings is 12. The molecule has 4 heterocycles. The Balaban J connectivity index is 0.000000158. The molecule has 734 valence electrons. The topological polar surface area (TPSA) is 456 Å². The van der Waals surface area contributed by atoms with Gasteiger partial charge in [-0.15, -0.1) is 0 Å². The Hall–Kier alpha value is -15.0. The summed E-state index contributed by atoms with van der Waals surface area (Å²) in [6.07, 6.45) is 0.519. The van der Waals surface area contributed by atoms with Crippen molar-refractivity contribution < 1.29 is 114 Å². The quantitative estimate of drug-likeness (QED) is 0.0226. The van der Waals surface area contributed by atoms with Crippen molar-refractivity contribution in [2.45, 2.75) is 76.4 Å². The van der Waals surface area contributed by atoms with Gasteiger partial charge in [0.05, 0.1) is 9.92 Å². The number of urea groups is 4. The van der Waals surface area contributed by atoms with E-state index in [1.54, 1.807) is 197 Å². The number of ether oxygens (including phenoxy) is 8. The molecule has 0 bridgehead atoms. The summed E-state index contributed by atoms with van der Waals surface area (Å²) in [4.78, 5) is 109. The first-order chi connectivity index (χ1) is 67.4. The van der Waals surface area contributed by atoms with E-state index >= 15 is 0 Å². The van der Waals surface area contributed by atoms with Gasteiger partial charge >= 0.3 is 24.1 Å². The van der Waals surface area contributed by atoms with Crippen LogP contribution in [-0.2, 0) is 85.0 Å². The molecule has 0 aliphatic carbocycles. The van der Waals surface area contributed by atoms with Crippen molar-refractivity contribution >= 4 is 154 Å². The Kier molecular flexibility index (Phi) is 34.2. The number of anilines is 4. The molecule has 0 saturated heterocycles. The van der Waals surface area contributed by atoms with Crippen LogP contribution in [0.1, 0.15) is 27.8 Å². The number of nitrogens with zero attached hydrogens (tertiary/aromatic N) is 4. The maximum absolute atomic E-state index is 14.0. The van der Waals surface area contributed by atoms with E-state index in [9.17, 15) is 76.4 Å². The molecular formula is C97H90Br2ClFN12O24S4. The van der Waals surface area contributed by atoms with E-state index in [4.69, 9.17) is 49.5 Å². The Morgan fingerprint density at radius 1 is 0.312 bits per heavy atom. The monoisotopic (exact) mass is 2150 g/mol. The lowest BCUT2D eigenvalue weighted by Gasteiger charge is -2.25. The van der Waals surface area contributed by atoms with Crippen molar-refractivity contribution in [3.63, 3.8) is 0 Å². The number of rotatable bonds is 28. The highest BCUT2D eigenvalue weighted by Gasteiger charge is 2.36. The van der Waals surface area contributed by atoms with Gasteiger partial charge in [0.1, 0.15) is 44.7 Å². The second-order valence-corrected chi connectivity index (χ2v) is 40.0. The van der Waals surface area contributed by atoms with Crippen molar-refractivity contribution in [1.29, 1.82) is 0 Å². The van der Waals surface area contributed by atoms with Gasteiger partial charge in [-0.1, -0.05) is 191 Å². The van der Waals surface area contributed by atoms with Gasteiger partial charge in [0.2, 0.25) is 50.8 Å². The molecule has 36 nitrogen and oxygen atoms in total. The summed E-state index contributed by atoms with van der Waals surface area (Å²) in [6, 6.07) is 69.0. The minimum atomic E-state index is -4.51. The molecule has 12 aromatic carbocycles. The number of carbonyl (C=O) groups is 8. The Labute approximate surface area is 832 Å². The van der Waals surface area contributed by atoms with Crippen molar-refractivity contribution in [2.75, 3.05) is 75.0 Å². The van der Waals surface area contributed by atoms with Crippen LogP contribution in [0.25, 0.3) is 0 Å². The molecule has 44 heteroatoms. The number of carbonyl (C=O) groups excluding carboxylic acids is 8. The minimum absolute atomic E-state index is 0.0152. The molecule has 12 amide bonds. The van der Waals surface area contributed by atoms with Crippen LogP contribution in [0.3, 0.4) is 0 Å². The van der Waals surface area contributed by atoms with E-state index in [2.05, 4.69) is 53.1 Å². The minimum Gasteiger partial charge on any atom is -0.454 e. The number of fused-ring (bicyclic) bond motifs is 4. The molecule has 8 N–H and O–H groups in total. The molecule has 4 aliphatic rings. The molecular weight excluding hydrogens is 2060 g/mol. The third-order valence-electron chi connectivity index (χ3n) is 21.6. The first-order valence-corrected chi connectivity index (χ1v) is 50.4. The highest BCUT2D eigenvalue weighted by molar-refractivity contribution is 9.11. The number of aryl methyl sites for hydroxylation is 1. The smallest absolute Gasteiger partial charge is 0.329 e. The molecule has 16 rings (SSSR count). The van der Waals surface area contributed by atoms with Crippen LogP contribution in [0.4, 0.5) is 46.3 Å². The summed E-state index contributed by atoms with van der Waals surface area (Å²) in [7, 11) is -10.9. The number of hydrogen-bond acceptors (Lipinski definition) is 24.